The van der Waals surface area contributed by atoms with E-state index in [4.69, 9.17) is 17.3 Å². The molecular formula is C15H19ClN2S. The number of thiophene rings is 1. The quantitative estimate of drug-likeness (QED) is 0.900. The van der Waals surface area contributed by atoms with Gasteiger partial charge in [0.2, 0.25) is 0 Å². The highest BCUT2D eigenvalue weighted by Crippen LogP contribution is 2.30. The molecule has 2 aromatic rings. The van der Waals surface area contributed by atoms with Crippen LogP contribution in [0.5, 0.6) is 0 Å². The number of nitrogens with zero attached hydrogens (tertiary/aromatic N) is 1. The second-order valence-corrected chi connectivity index (χ2v) is 6.08. The molecule has 2 rings (SSSR count). The summed E-state index contributed by atoms with van der Waals surface area (Å²) in [6.45, 7) is 2.81. The molecule has 0 saturated heterocycles. The van der Waals surface area contributed by atoms with E-state index >= 15 is 0 Å². The normalized spacial score (nSPS) is 14.6. The molecule has 2 atom stereocenters. The van der Waals surface area contributed by atoms with Crippen LogP contribution in [0, 0.1) is 0 Å². The summed E-state index contributed by atoms with van der Waals surface area (Å²) < 4.78 is 0. The van der Waals surface area contributed by atoms with Crippen molar-refractivity contribution in [3.63, 3.8) is 0 Å². The highest BCUT2D eigenvalue weighted by atomic mass is 35.5. The Kier molecular flexibility index (Phi) is 4.99. The molecule has 0 saturated carbocycles. The third-order valence-corrected chi connectivity index (χ3v) is 4.78. The molecule has 0 aliphatic rings. The first kappa shape index (κ1) is 14.5. The summed E-state index contributed by atoms with van der Waals surface area (Å²) in [5.74, 6) is 0. The summed E-state index contributed by atoms with van der Waals surface area (Å²) in [4.78, 5) is 3.63. The van der Waals surface area contributed by atoms with Crippen molar-refractivity contribution in [1.82, 2.24) is 4.90 Å². The lowest BCUT2D eigenvalue weighted by Gasteiger charge is -2.32. The zero-order valence-electron chi connectivity index (χ0n) is 11.2. The fraction of sp³-hybridized carbons (Fsp3) is 0.333. The minimum Gasteiger partial charge on any atom is -0.329 e. The molecule has 0 radical (unpaired) electrons. The summed E-state index contributed by atoms with van der Waals surface area (Å²) in [5, 5.41) is 2.87. The topological polar surface area (TPSA) is 29.3 Å². The van der Waals surface area contributed by atoms with E-state index in [1.165, 1.54) is 10.4 Å². The second-order valence-electron chi connectivity index (χ2n) is 4.66. The number of likely N-dealkylation sites (N-methyl/N-ethyl adjacent to an activating group) is 1. The van der Waals surface area contributed by atoms with Gasteiger partial charge in [-0.25, -0.2) is 0 Å². The Bertz CT molecular complexity index is 495. The first-order chi connectivity index (χ1) is 9.13. The van der Waals surface area contributed by atoms with Crippen molar-refractivity contribution >= 4 is 22.9 Å². The highest BCUT2D eigenvalue weighted by Gasteiger charge is 2.22. The number of hydrogen-bond donors (Lipinski definition) is 1. The molecule has 2 unspecified atom stereocenters. The predicted molar refractivity (Wildman–Crippen MR) is 83.7 cm³/mol. The zero-order chi connectivity index (χ0) is 13.8. The molecular weight excluding hydrogens is 276 g/mol. The molecule has 0 aliphatic carbocycles. The predicted octanol–water partition coefficient (Wildman–Crippen LogP) is 4.09. The lowest BCUT2D eigenvalue weighted by atomic mass is 10.0. The van der Waals surface area contributed by atoms with Gasteiger partial charge in [0.1, 0.15) is 0 Å². The average molecular weight is 295 g/mol. The van der Waals surface area contributed by atoms with Gasteiger partial charge in [-0.2, -0.15) is 0 Å². The zero-order valence-corrected chi connectivity index (χ0v) is 12.8. The van der Waals surface area contributed by atoms with Crippen LogP contribution in [0.2, 0.25) is 5.02 Å². The van der Waals surface area contributed by atoms with E-state index in [9.17, 15) is 0 Å². The molecule has 19 heavy (non-hydrogen) atoms. The van der Waals surface area contributed by atoms with Gasteiger partial charge in [-0.3, -0.25) is 4.90 Å². The standard InChI is InChI=1S/C15H19ClN2S/c1-11(12-5-7-13(16)8-6-12)18(2)14(10-17)15-4-3-9-19-15/h3-9,11,14H,10,17H2,1-2H3. The third-order valence-electron chi connectivity index (χ3n) is 3.55. The van der Waals surface area contributed by atoms with Gasteiger partial charge in [0.05, 0.1) is 6.04 Å². The summed E-state index contributed by atoms with van der Waals surface area (Å²) in [6.07, 6.45) is 0. The molecule has 0 spiro atoms. The highest BCUT2D eigenvalue weighted by molar-refractivity contribution is 7.10. The van der Waals surface area contributed by atoms with Gasteiger partial charge in [0, 0.05) is 22.5 Å². The summed E-state index contributed by atoms with van der Waals surface area (Å²) >= 11 is 7.69. The van der Waals surface area contributed by atoms with Crippen molar-refractivity contribution in [2.45, 2.75) is 19.0 Å². The summed E-state index contributed by atoms with van der Waals surface area (Å²) in [5.41, 5.74) is 7.20. The minimum absolute atomic E-state index is 0.255. The maximum Gasteiger partial charge on any atom is 0.0566 e. The Labute approximate surface area is 123 Å². The first-order valence-electron chi connectivity index (χ1n) is 6.34. The number of nitrogens with two attached hydrogens (primary N) is 1. The van der Waals surface area contributed by atoms with E-state index in [0.717, 1.165) is 5.02 Å². The molecule has 4 heteroatoms. The molecule has 0 fully saturated rings. The summed E-state index contributed by atoms with van der Waals surface area (Å²) in [7, 11) is 2.12. The smallest absolute Gasteiger partial charge is 0.0566 e. The van der Waals surface area contributed by atoms with Crippen molar-refractivity contribution in [2.75, 3.05) is 13.6 Å². The first-order valence-corrected chi connectivity index (χ1v) is 7.60. The Hall–Kier alpha value is -0.870. The van der Waals surface area contributed by atoms with E-state index in [2.05, 4.69) is 48.5 Å². The van der Waals surface area contributed by atoms with Gasteiger partial charge in [-0.05, 0) is 43.1 Å². The van der Waals surface area contributed by atoms with Crippen molar-refractivity contribution in [1.29, 1.82) is 0 Å². The summed E-state index contributed by atoms with van der Waals surface area (Å²) in [6, 6.07) is 12.8. The van der Waals surface area contributed by atoms with Crippen molar-refractivity contribution < 1.29 is 0 Å². The van der Waals surface area contributed by atoms with Crippen LogP contribution in [-0.2, 0) is 0 Å². The molecule has 2 N–H and O–H groups in total. The molecule has 2 nitrogen and oxygen atoms in total. The van der Waals surface area contributed by atoms with E-state index < -0.39 is 0 Å². The fourth-order valence-corrected chi connectivity index (χ4v) is 3.23. The van der Waals surface area contributed by atoms with Crippen molar-refractivity contribution in [3.05, 3.63) is 57.2 Å². The van der Waals surface area contributed by atoms with Crippen LogP contribution in [0.4, 0.5) is 0 Å². The van der Waals surface area contributed by atoms with Gasteiger partial charge in [0.25, 0.3) is 0 Å². The van der Waals surface area contributed by atoms with E-state index in [0.29, 0.717) is 12.6 Å². The third kappa shape index (κ3) is 3.37. The van der Waals surface area contributed by atoms with Crippen molar-refractivity contribution in [3.8, 4) is 0 Å². The van der Waals surface area contributed by atoms with Gasteiger partial charge in [0.15, 0.2) is 0 Å². The fourth-order valence-electron chi connectivity index (χ4n) is 2.21. The van der Waals surface area contributed by atoms with E-state index in [1.807, 2.05) is 12.1 Å². The minimum atomic E-state index is 0.255. The van der Waals surface area contributed by atoms with Crippen LogP contribution in [0.25, 0.3) is 0 Å². The molecule has 0 aliphatic heterocycles. The number of rotatable bonds is 5. The monoisotopic (exact) mass is 294 g/mol. The number of hydrogen-bond acceptors (Lipinski definition) is 3. The van der Waals surface area contributed by atoms with Gasteiger partial charge < -0.3 is 5.73 Å². The Morgan fingerprint density at radius 3 is 2.47 bits per heavy atom. The van der Waals surface area contributed by atoms with Crippen LogP contribution >= 0.6 is 22.9 Å². The van der Waals surface area contributed by atoms with Gasteiger partial charge in [-0.15, -0.1) is 11.3 Å². The van der Waals surface area contributed by atoms with Crippen LogP contribution in [0.3, 0.4) is 0 Å². The molecule has 102 valence electrons. The van der Waals surface area contributed by atoms with Gasteiger partial charge in [-0.1, -0.05) is 29.8 Å². The molecule has 0 amide bonds. The SMILES string of the molecule is CC(c1ccc(Cl)cc1)N(C)C(CN)c1cccs1. The van der Waals surface area contributed by atoms with Gasteiger partial charge >= 0.3 is 0 Å². The van der Waals surface area contributed by atoms with Crippen LogP contribution in [-0.4, -0.2) is 18.5 Å². The van der Waals surface area contributed by atoms with E-state index in [-0.39, 0.29) is 6.04 Å². The Morgan fingerprint density at radius 1 is 1.26 bits per heavy atom. The molecule has 1 heterocycles. The largest absolute Gasteiger partial charge is 0.329 e. The van der Waals surface area contributed by atoms with Crippen LogP contribution < -0.4 is 5.73 Å². The maximum absolute atomic E-state index is 5.95. The van der Waals surface area contributed by atoms with Crippen LogP contribution in [0.1, 0.15) is 29.4 Å². The lowest BCUT2D eigenvalue weighted by molar-refractivity contribution is 0.193. The molecule has 1 aromatic heterocycles. The Balaban J connectivity index is 2.17. The van der Waals surface area contributed by atoms with Crippen molar-refractivity contribution in [2.24, 2.45) is 5.73 Å². The second kappa shape index (κ2) is 6.53. The average Bonchev–Trinajstić information content (AvgIpc) is 2.93. The molecule has 0 bridgehead atoms. The van der Waals surface area contributed by atoms with E-state index in [1.54, 1.807) is 11.3 Å². The molecule has 1 aromatic carbocycles. The Morgan fingerprint density at radius 2 is 1.95 bits per heavy atom. The number of halogens is 1. The number of benzene rings is 1. The van der Waals surface area contributed by atoms with Crippen LogP contribution in [0.15, 0.2) is 41.8 Å². The maximum atomic E-state index is 5.95. The lowest BCUT2D eigenvalue weighted by Crippen LogP contribution is -2.32.